The highest BCUT2D eigenvalue weighted by molar-refractivity contribution is 7.92. The molecule has 0 atom stereocenters. The number of aliphatic hydroxyl groups is 1. The van der Waals surface area contributed by atoms with Gasteiger partial charge in [-0.25, -0.2) is 13.2 Å². The molecule has 0 fully saturated rings. The van der Waals surface area contributed by atoms with Gasteiger partial charge in [0.2, 0.25) is 0 Å². The normalized spacial score (nSPS) is 10.9. The molecular weight excluding hydrogens is 420 g/mol. The van der Waals surface area contributed by atoms with Gasteiger partial charge in [0.1, 0.15) is 12.4 Å². The van der Waals surface area contributed by atoms with Crippen molar-refractivity contribution in [3.05, 3.63) is 78.6 Å². The Labute approximate surface area is 180 Å². The van der Waals surface area contributed by atoms with Crippen molar-refractivity contribution < 1.29 is 23.1 Å². The van der Waals surface area contributed by atoms with Crippen LogP contribution in [0.5, 0.6) is 5.75 Å². The predicted octanol–water partition coefficient (Wildman–Crippen LogP) is 2.58. The third-order valence-corrected chi connectivity index (χ3v) is 5.46. The molecule has 162 valence electrons. The summed E-state index contributed by atoms with van der Waals surface area (Å²) in [4.78, 5) is 16.0. The fraction of sp³-hybridized carbons (Fsp3) is 0.143. The maximum absolute atomic E-state index is 12.7. The highest BCUT2D eigenvalue weighted by Gasteiger charge is 2.16. The van der Waals surface area contributed by atoms with E-state index in [0.717, 1.165) is 5.56 Å². The number of aliphatic hydroxyl groups excluding tert-OH is 1. The number of urea groups is 1. The average molecular weight is 442 g/mol. The molecule has 0 spiro atoms. The number of amides is 2. The lowest BCUT2D eigenvalue weighted by Crippen LogP contribution is -2.28. The van der Waals surface area contributed by atoms with E-state index < -0.39 is 16.1 Å². The first-order valence-electron chi connectivity index (χ1n) is 9.37. The van der Waals surface area contributed by atoms with Crippen molar-refractivity contribution in [1.29, 1.82) is 0 Å². The summed E-state index contributed by atoms with van der Waals surface area (Å²) in [7, 11) is -3.88. The predicted molar refractivity (Wildman–Crippen MR) is 116 cm³/mol. The Balaban J connectivity index is 1.62. The molecule has 10 heteroatoms. The number of nitrogens with zero attached hydrogens (tertiary/aromatic N) is 1. The molecule has 0 saturated heterocycles. The van der Waals surface area contributed by atoms with Gasteiger partial charge in [0, 0.05) is 24.6 Å². The van der Waals surface area contributed by atoms with Crippen LogP contribution in [0.2, 0.25) is 0 Å². The average Bonchev–Trinajstić information content (AvgIpc) is 2.78. The van der Waals surface area contributed by atoms with Crippen molar-refractivity contribution in [3.8, 4) is 5.75 Å². The topological polar surface area (TPSA) is 130 Å². The van der Waals surface area contributed by atoms with Crippen LogP contribution in [0, 0.1) is 0 Å². The van der Waals surface area contributed by atoms with Gasteiger partial charge in [-0.15, -0.1) is 0 Å². The fourth-order valence-corrected chi connectivity index (χ4v) is 3.68. The van der Waals surface area contributed by atoms with E-state index in [2.05, 4.69) is 20.3 Å². The van der Waals surface area contributed by atoms with Crippen LogP contribution in [0.1, 0.15) is 5.56 Å². The number of carbonyl (C=O) groups is 1. The van der Waals surface area contributed by atoms with Crippen molar-refractivity contribution in [2.45, 2.75) is 11.4 Å². The number of aromatic nitrogens is 1. The van der Waals surface area contributed by atoms with Crippen LogP contribution in [0.4, 0.5) is 16.2 Å². The number of para-hydroxylation sites is 2. The Morgan fingerprint density at radius 3 is 2.52 bits per heavy atom. The second-order valence-corrected chi connectivity index (χ2v) is 8.05. The quantitative estimate of drug-likeness (QED) is 0.403. The number of anilines is 2. The molecule has 9 nitrogen and oxygen atoms in total. The molecule has 3 aromatic rings. The number of hydrogen-bond acceptors (Lipinski definition) is 6. The third-order valence-electron chi connectivity index (χ3n) is 4.08. The minimum Gasteiger partial charge on any atom is -0.489 e. The minimum absolute atomic E-state index is 0.0192. The molecule has 0 bridgehead atoms. The lowest BCUT2D eigenvalue weighted by Gasteiger charge is -2.13. The van der Waals surface area contributed by atoms with Gasteiger partial charge in [0.15, 0.2) is 0 Å². The Morgan fingerprint density at radius 1 is 1.03 bits per heavy atom. The van der Waals surface area contributed by atoms with Gasteiger partial charge in [0.05, 0.1) is 17.2 Å². The fourth-order valence-electron chi connectivity index (χ4n) is 2.61. The monoisotopic (exact) mass is 442 g/mol. The maximum atomic E-state index is 12.7. The minimum atomic E-state index is -3.88. The van der Waals surface area contributed by atoms with Gasteiger partial charge in [-0.3, -0.25) is 9.71 Å². The van der Waals surface area contributed by atoms with Gasteiger partial charge in [-0.05, 0) is 48.0 Å². The number of hydrogen-bond donors (Lipinski definition) is 4. The van der Waals surface area contributed by atoms with E-state index in [4.69, 9.17) is 9.84 Å². The molecule has 2 amide bonds. The van der Waals surface area contributed by atoms with E-state index in [9.17, 15) is 13.2 Å². The molecule has 0 aliphatic heterocycles. The van der Waals surface area contributed by atoms with Gasteiger partial charge >= 0.3 is 6.03 Å². The smallest absolute Gasteiger partial charge is 0.319 e. The first kappa shape index (κ1) is 22.1. The highest BCUT2D eigenvalue weighted by atomic mass is 32.2. The van der Waals surface area contributed by atoms with Crippen LogP contribution < -0.4 is 20.1 Å². The third kappa shape index (κ3) is 6.43. The number of sulfonamides is 1. The summed E-state index contributed by atoms with van der Waals surface area (Å²) in [5, 5.41) is 14.2. The van der Waals surface area contributed by atoms with Crippen molar-refractivity contribution in [2.24, 2.45) is 0 Å². The molecule has 31 heavy (non-hydrogen) atoms. The van der Waals surface area contributed by atoms with Crippen LogP contribution >= 0.6 is 0 Å². The van der Waals surface area contributed by atoms with Crippen LogP contribution in [-0.2, 0) is 16.6 Å². The van der Waals surface area contributed by atoms with Gasteiger partial charge in [0.25, 0.3) is 10.0 Å². The number of carbonyl (C=O) groups excluding carboxylic acids is 1. The van der Waals surface area contributed by atoms with Crippen LogP contribution in [-0.4, -0.2) is 37.8 Å². The SMILES string of the molecule is O=C(NCc1cccnc1)Nc1ccc(S(=O)(=O)Nc2ccccc2OCCO)cc1. The number of benzene rings is 2. The van der Waals surface area contributed by atoms with Gasteiger partial charge in [-0.1, -0.05) is 18.2 Å². The molecule has 1 heterocycles. The first-order chi connectivity index (χ1) is 15.0. The summed E-state index contributed by atoms with van der Waals surface area (Å²) in [6.45, 7) is 0.168. The largest absolute Gasteiger partial charge is 0.489 e. The Bertz CT molecular complexity index is 1110. The summed E-state index contributed by atoms with van der Waals surface area (Å²) in [5.74, 6) is 0.309. The van der Waals surface area contributed by atoms with Crippen molar-refractivity contribution in [2.75, 3.05) is 23.3 Å². The second kappa shape index (κ2) is 10.4. The summed E-state index contributed by atoms with van der Waals surface area (Å²) < 4.78 is 33.2. The Hall–Kier alpha value is -3.63. The zero-order valence-corrected chi connectivity index (χ0v) is 17.3. The van der Waals surface area contributed by atoms with E-state index in [1.807, 2.05) is 6.07 Å². The number of ether oxygens (including phenoxy) is 1. The molecule has 0 unspecified atom stereocenters. The van der Waals surface area contributed by atoms with Crippen LogP contribution in [0.15, 0.2) is 78.0 Å². The van der Waals surface area contributed by atoms with Gasteiger partial charge in [-0.2, -0.15) is 0 Å². The molecule has 3 rings (SSSR count). The molecule has 0 aliphatic carbocycles. The maximum Gasteiger partial charge on any atom is 0.319 e. The highest BCUT2D eigenvalue weighted by Crippen LogP contribution is 2.27. The molecule has 2 aromatic carbocycles. The molecular formula is C21H22N4O5S. The summed E-state index contributed by atoms with van der Waals surface area (Å²) in [6.07, 6.45) is 3.30. The van der Waals surface area contributed by atoms with E-state index in [-0.39, 0.29) is 23.8 Å². The van der Waals surface area contributed by atoms with Gasteiger partial charge < -0.3 is 20.5 Å². The Morgan fingerprint density at radius 2 is 1.81 bits per heavy atom. The summed E-state index contributed by atoms with van der Waals surface area (Å²) in [6, 6.07) is 15.5. The Kier molecular flexibility index (Phi) is 7.41. The molecule has 0 aliphatic rings. The second-order valence-electron chi connectivity index (χ2n) is 6.37. The van der Waals surface area contributed by atoms with Crippen LogP contribution in [0.25, 0.3) is 0 Å². The van der Waals surface area contributed by atoms with E-state index in [0.29, 0.717) is 18.0 Å². The molecule has 4 N–H and O–H groups in total. The van der Waals surface area contributed by atoms with Crippen molar-refractivity contribution in [3.63, 3.8) is 0 Å². The zero-order chi connectivity index (χ0) is 22.1. The number of rotatable bonds is 9. The first-order valence-corrected chi connectivity index (χ1v) is 10.9. The van der Waals surface area contributed by atoms with Crippen molar-refractivity contribution >= 4 is 27.4 Å². The number of nitrogens with one attached hydrogen (secondary N) is 3. The summed E-state index contributed by atoms with van der Waals surface area (Å²) >= 11 is 0. The van der Waals surface area contributed by atoms with E-state index in [1.54, 1.807) is 42.7 Å². The summed E-state index contributed by atoms with van der Waals surface area (Å²) in [5.41, 5.74) is 1.55. The van der Waals surface area contributed by atoms with E-state index in [1.165, 1.54) is 24.3 Å². The lowest BCUT2D eigenvalue weighted by atomic mass is 10.3. The van der Waals surface area contributed by atoms with E-state index >= 15 is 0 Å². The molecule has 1 aromatic heterocycles. The molecule has 0 radical (unpaired) electrons. The van der Waals surface area contributed by atoms with Crippen LogP contribution in [0.3, 0.4) is 0 Å². The lowest BCUT2D eigenvalue weighted by molar-refractivity contribution is 0.202. The number of pyridine rings is 1. The zero-order valence-electron chi connectivity index (χ0n) is 16.5. The molecule has 0 saturated carbocycles. The van der Waals surface area contributed by atoms with Crippen molar-refractivity contribution in [1.82, 2.24) is 10.3 Å². The standard InChI is InChI=1S/C21H22N4O5S/c26-12-13-30-20-6-2-1-5-19(20)25-31(28,29)18-9-7-17(8-10-18)24-21(27)23-15-16-4-3-11-22-14-16/h1-11,14,25-26H,12-13,15H2,(H2,23,24,27).